The topological polar surface area (TPSA) is 154 Å². The molecule has 0 bridgehead atoms. The number of pyridine rings is 1. The van der Waals surface area contributed by atoms with Gasteiger partial charge >= 0.3 is 0 Å². The summed E-state index contributed by atoms with van der Waals surface area (Å²) in [7, 11) is 3.00. The molecule has 36 heavy (non-hydrogen) atoms. The smallest absolute Gasteiger partial charge is 0.271 e. The minimum absolute atomic E-state index is 0.0153. The quantitative estimate of drug-likeness (QED) is 0.255. The lowest BCUT2D eigenvalue weighted by molar-refractivity contribution is -0.384. The third-order valence-electron chi connectivity index (χ3n) is 5.57. The van der Waals surface area contributed by atoms with Crippen LogP contribution < -0.4 is 19.8 Å². The molecule has 0 atom stereocenters. The zero-order valence-electron chi connectivity index (χ0n) is 19.8. The molecule has 0 amide bonds. The number of nitro groups is 1. The number of nitrogens with zero attached hydrogens (tertiary/aromatic N) is 3. The lowest BCUT2D eigenvalue weighted by atomic mass is 10.0. The Morgan fingerprint density at radius 3 is 2.39 bits per heavy atom. The second kappa shape index (κ2) is 11.1. The number of aryl methyl sites for hydroxylation is 1. The molecule has 3 rings (SSSR count). The Morgan fingerprint density at radius 1 is 1.14 bits per heavy atom. The number of hydrogen-bond donors (Lipinski definition) is 1. The van der Waals surface area contributed by atoms with Crippen molar-refractivity contribution >= 4 is 11.5 Å². The van der Waals surface area contributed by atoms with Crippen LogP contribution in [0.1, 0.15) is 27.0 Å². The molecule has 0 unspecified atom stereocenters. The summed E-state index contributed by atoms with van der Waals surface area (Å²) in [5.41, 5.74) is -0.519. The summed E-state index contributed by atoms with van der Waals surface area (Å²) in [4.78, 5) is 36.0. The molecule has 3 aromatic rings. The van der Waals surface area contributed by atoms with Gasteiger partial charge in [0.2, 0.25) is 11.7 Å². The first kappa shape index (κ1) is 25.8. The Morgan fingerprint density at radius 2 is 1.81 bits per heavy atom. The second-order valence-electron chi connectivity index (χ2n) is 7.67. The summed E-state index contributed by atoms with van der Waals surface area (Å²) in [6.45, 7) is 0.862. The molecular formula is C25H23N3O8. The first-order valence-electron chi connectivity index (χ1n) is 10.7. The molecule has 0 aliphatic heterocycles. The fourth-order valence-electron chi connectivity index (χ4n) is 3.65. The highest BCUT2D eigenvalue weighted by Gasteiger charge is 2.24. The van der Waals surface area contributed by atoms with Gasteiger partial charge in [0.1, 0.15) is 17.4 Å². The zero-order chi connectivity index (χ0) is 26.4. The van der Waals surface area contributed by atoms with Crippen LogP contribution in [0.25, 0.3) is 0 Å². The summed E-state index contributed by atoms with van der Waals surface area (Å²) in [6, 6.07) is 12.1. The lowest BCUT2D eigenvalue weighted by Gasteiger charge is -2.16. The van der Waals surface area contributed by atoms with Crippen LogP contribution in [0.15, 0.2) is 47.3 Å². The van der Waals surface area contributed by atoms with Crippen LogP contribution in [-0.4, -0.2) is 41.2 Å². The Kier molecular flexibility index (Phi) is 7.91. The molecular weight excluding hydrogens is 470 g/mol. The van der Waals surface area contributed by atoms with Crippen LogP contribution in [0.3, 0.4) is 0 Å². The Hall–Kier alpha value is -4.85. The van der Waals surface area contributed by atoms with E-state index in [1.165, 1.54) is 45.4 Å². The summed E-state index contributed by atoms with van der Waals surface area (Å²) >= 11 is 0. The van der Waals surface area contributed by atoms with Crippen molar-refractivity contribution < 1.29 is 29.0 Å². The Labute approximate surface area is 205 Å². The summed E-state index contributed by atoms with van der Waals surface area (Å²) in [5.74, 6) is -0.0147. The number of aromatic hydroxyl groups is 1. The van der Waals surface area contributed by atoms with Gasteiger partial charge in [0.15, 0.2) is 18.1 Å². The molecule has 0 aliphatic carbocycles. The maximum Gasteiger partial charge on any atom is 0.271 e. The number of carbonyl (C=O) groups is 1. The SMILES string of the molecule is COc1ccc(CCn2c(O)c(C(=O)COc3ccc([N+](=O)[O-])cc3)c(C)c(C#N)c2=O)cc1OC. The third kappa shape index (κ3) is 5.28. The number of hydrogen-bond acceptors (Lipinski definition) is 9. The van der Waals surface area contributed by atoms with Crippen molar-refractivity contribution in [3.8, 4) is 29.2 Å². The van der Waals surface area contributed by atoms with Crippen molar-refractivity contribution in [2.45, 2.75) is 19.9 Å². The van der Waals surface area contributed by atoms with E-state index in [2.05, 4.69) is 0 Å². The van der Waals surface area contributed by atoms with Crippen LogP contribution in [0, 0.1) is 28.4 Å². The van der Waals surface area contributed by atoms with E-state index in [0.29, 0.717) is 11.5 Å². The van der Waals surface area contributed by atoms with Crippen molar-refractivity contribution in [2.24, 2.45) is 0 Å². The van der Waals surface area contributed by atoms with Gasteiger partial charge < -0.3 is 19.3 Å². The van der Waals surface area contributed by atoms with E-state index in [9.17, 15) is 30.1 Å². The van der Waals surface area contributed by atoms with Crippen LogP contribution in [0.4, 0.5) is 5.69 Å². The van der Waals surface area contributed by atoms with E-state index in [-0.39, 0.29) is 41.1 Å². The van der Waals surface area contributed by atoms with Crippen LogP contribution >= 0.6 is 0 Å². The number of nitriles is 1. The van der Waals surface area contributed by atoms with Gasteiger partial charge in [-0.25, -0.2) is 0 Å². The number of aromatic nitrogens is 1. The van der Waals surface area contributed by atoms with Crippen molar-refractivity contribution in [3.63, 3.8) is 0 Å². The molecule has 0 radical (unpaired) electrons. The molecule has 11 nitrogen and oxygen atoms in total. The van der Waals surface area contributed by atoms with Crippen molar-refractivity contribution in [1.82, 2.24) is 4.57 Å². The highest BCUT2D eigenvalue weighted by Crippen LogP contribution is 2.28. The maximum absolute atomic E-state index is 12.9. The molecule has 1 N–H and O–H groups in total. The van der Waals surface area contributed by atoms with E-state index in [1.54, 1.807) is 18.2 Å². The van der Waals surface area contributed by atoms with Gasteiger partial charge in [-0.05, 0) is 48.7 Å². The number of benzene rings is 2. The highest BCUT2D eigenvalue weighted by atomic mass is 16.6. The monoisotopic (exact) mass is 493 g/mol. The van der Waals surface area contributed by atoms with Gasteiger partial charge in [-0.2, -0.15) is 5.26 Å². The molecule has 0 fully saturated rings. The standard InChI is InChI=1S/C25H23N3O8/c1-15-19(13-26)24(30)27(11-10-16-4-9-21(34-2)22(12-16)35-3)25(31)23(15)20(29)14-36-18-7-5-17(6-8-18)28(32)33/h4-9,12,31H,10-11,14H2,1-3H3. The van der Waals surface area contributed by atoms with Gasteiger partial charge in [-0.1, -0.05) is 6.07 Å². The highest BCUT2D eigenvalue weighted by molar-refractivity contribution is 6.01. The number of non-ortho nitro benzene ring substituents is 1. The summed E-state index contributed by atoms with van der Waals surface area (Å²) in [5, 5.41) is 31.2. The Bertz CT molecular complexity index is 1400. The van der Waals surface area contributed by atoms with Gasteiger partial charge in [0, 0.05) is 18.7 Å². The third-order valence-corrected chi connectivity index (χ3v) is 5.57. The van der Waals surface area contributed by atoms with Crippen molar-refractivity contribution in [1.29, 1.82) is 5.26 Å². The average Bonchev–Trinajstić information content (AvgIpc) is 2.87. The fourth-order valence-corrected chi connectivity index (χ4v) is 3.65. The Balaban J connectivity index is 1.88. The van der Waals surface area contributed by atoms with Gasteiger partial charge in [-0.3, -0.25) is 24.3 Å². The molecule has 186 valence electrons. The molecule has 0 saturated heterocycles. The number of ether oxygens (including phenoxy) is 3. The molecule has 1 heterocycles. The number of ketones is 1. The van der Waals surface area contributed by atoms with E-state index < -0.39 is 28.8 Å². The number of nitro benzene ring substituents is 1. The number of rotatable bonds is 10. The fraction of sp³-hybridized carbons (Fsp3) is 0.240. The van der Waals surface area contributed by atoms with Crippen molar-refractivity contribution in [2.75, 3.05) is 20.8 Å². The van der Waals surface area contributed by atoms with Gasteiger partial charge in [0.25, 0.3) is 11.2 Å². The molecule has 2 aromatic carbocycles. The van der Waals surface area contributed by atoms with E-state index in [1.807, 2.05) is 6.07 Å². The molecule has 0 aliphatic rings. The van der Waals surface area contributed by atoms with E-state index in [4.69, 9.17) is 14.2 Å². The minimum Gasteiger partial charge on any atom is -0.494 e. The molecule has 11 heteroatoms. The second-order valence-corrected chi connectivity index (χ2v) is 7.67. The summed E-state index contributed by atoms with van der Waals surface area (Å²) < 4.78 is 16.9. The van der Waals surface area contributed by atoms with E-state index in [0.717, 1.165) is 10.1 Å². The van der Waals surface area contributed by atoms with Crippen LogP contribution in [0.2, 0.25) is 0 Å². The van der Waals surface area contributed by atoms with Crippen LogP contribution in [0.5, 0.6) is 23.1 Å². The normalized spacial score (nSPS) is 10.4. The number of Topliss-reactive ketones (excluding diaryl/α,β-unsaturated/α-hetero) is 1. The lowest BCUT2D eigenvalue weighted by Crippen LogP contribution is -2.28. The molecule has 0 saturated carbocycles. The first-order valence-corrected chi connectivity index (χ1v) is 10.7. The van der Waals surface area contributed by atoms with Crippen LogP contribution in [-0.2, 0) is 13.0 Å². The zero-order valence-corrected chi connectivity index (χ0v) is 19.8. The number of methoxy groups -OCH3 is 2. The largest absolute Gasteiger partial charge is 0.494 e. The number of carbonyl (C=O) groups excluding carboxylic acids is 1. The predicted molar refractivity (Wildman–Crippen MR) is 128 cm³/mol. The minimum atomic E-state index is -0.721. The van der Waals surface area contributed by atoms with Crippen molar-refractivity contribution in [3.05, 3.63) is 85.2 Å². The first-order chi connectivity index (χ1) is 17.2. The van der Waals surface area contributed by atoms with Gasteiger partial charge in [-0.15, -0.1) is 0 Å². The predicted octanol–water partition coefficient (Wildman–Crippen LogP) is 3.16. The van der Waals surface area contributed by atoms with E-state index >= 15 is 0 Å². The summed E-state index contributed by atoms with van der Waals surface area (Å²) in [6.07, 6.45) is 0.286. The van der Waals surface area contributed by atoms with Gasteiger partial charge in [0.05, 0.1) is 24.7 Å². The average molecular weight is 493 g/mol. The molecule has 1 aromatic heterocycles. The maximum atomic E-state index is 12.9. The molecule has 0 spiro atoms.